The van der Waals surface area contributed by atoms with E-state index < -0.39 is 11.9 Å². The number of rotatable bonds is 3. The Labute approximate surface area is 99.7 Å². The zero-order valence-corrected chi connectivity index (χ0v) is 10.1. The van der Waals surface area contributed by atoms with E-state index in [-0.39, 0.29) is 17.0 Å². The minimum absolute atomic E-state index is 0.0236. The van der Waals surface area contributed by atoms with Gasteiger partial charge in [-0.05, 0) is 12.0 Å². The van der Waals surface area contributed by atoms with E-state index in [9.17, 15) is 9.59 Å². The molecule has 17 heavy (non-hydrogen) atoms. The molecule has 1 unspecified atom stereocenters. The quantitative estimate of drug-likeness (QED) is 0.833. The monoisotopic (exact) mass is 233 g/mol. The average molecular weight is 233 g/mol. The number of aromatic nitrogens is 1. The smallest absolute Gasteiger partial charge is 0.252 e. The van der Waals surface area contributed by atoms with E-state index in [1.807, 2.05) is 19.9 Å². The lowest BCUT2D eigenvalue weighted by atomic mass is 10.1. The van der Waals surface area contributed by atoms with E-state index in [1.54, 1.807) is 13.1 Å². The number of hydrogen-bond donors (Lipinski definition) is 1. The number of carbonyl (C=O) groups excluding carboxylic acids is 1. The zero-order chi connectivity index (χ0) is 13.0. The Morgan fingerprint density at radius 3 is 2.65 bits per heavy atom. The molecule has 1 amide bonds. The summed E-state index contributed by atoms with van der Waals surface area (Å²) >= 11 is 0. The van der Waals surface area contributed by atoms with Crippen molar-refractivity contribution in [3.05, 3.63) is 34.2 Å². The van der Waals surface area contributed by atoms with E-state index in [2.05, 4.69) is 5.32 Å². The van der Waals surface area contributed by atoms with Gasteiger partial charge in [-0.1, -0.05) is 13.8 Å². The van der Waals surface area contributed by atoms with Crippen LogP contribution in [0.1, 0.15) is 24.2 Å². The molecule has 1 aromatic rings. The van der Waals surface area contributed by atoms with E-state index in [4.69, 9.17) is 5.26 Å². The van der Waals surface area contributed by atoms with Gasteiger partial charge < -0.3 is 9.88 Å². The maximum atomic E-state index is 11.8. The van der Waals surface area contributed by atoms with Crippen molar-refractivity contribution >= 4 is 5.91 Å². The second kappa shape index (κ2) is 5.30. The van der Waals surface area contributed by atoms with Gasteiger partial charge >= 0.3 is 0 Å². The lowest BCUT2D eigenvalue weighted by molar-refractivity contribution is 0.0937. The Morgan fingerprint density at radius 2 is 2.18 bits per heavy atom. The van der Waals surface area contributed by atoms with Crippen molar-refractivity contribution in [2.45, 2.75) is 19.9 Å². The van der Waals surface area contributed by atoms with Gasteiger partial charge in [-0.25, -0.2) is 0 Å². The van der Waals surface area contributed by atoms with Gasteiger partial charge in [0.1, 0.15) is 6.04 Å². The van der Waals surface area contributed by atoms with Crippen LogP contribution in [0.2, 0.25) is 0 Å². The predicted molar refractivity (Wildman–Crippen MR) is 63.4 cm³/mol. The number of nitrogens with one attached hydrogen (secondary N) is 1. The van der Waals surface area contributed by atoms with Crippen molar-refractivity contribution in [3.63, 3.8) is 0 Å². The summed E-state index contributed by atoms with van der Waals surface area (Å²) in [6, 6.07) is 4.26. The maximum absolute atomic E-state index is 11.8. The lowest BCUT2D eigenvalue weighted by Gasteiger charge is -2.14. The molecule has 1 rings (SSSR count). The number of nitriles is 1. The lowest BCUT2D eigenvalue weighted by Crippen LogP contribution is -2.37. The molecule has 0 aliphatic carbocycles. The SMILES string of the molecule is CC(C)C(C#N)NC(=O)c1ccn(C)c(=O)c1. The van der Waals surface area contributed by atoms with Gasteiger partial charge in [0.2, 0.25) is 0 Å². The largest absolute Gasteiger partial charge is 0.336 e. The summed E-state index contributed by atoms with van der Waals surface area (Å²) in [4.78, 5) is 23.1. The minimum Gasteiger partial charge on any atom is -0.336 e. The number of aryl methyl sites for hydroxylation is 1. The fourth-order valence-electron chi connectivity index (χ4n) is 1.26. The van der Waals surface area contributed by atoms with E-state index in [0.717, 1.165) is 0 Å². The standard InChI is InChI=1S/C12H15N3O2/c1-8(2)10(7-13)14-12(17)9-4-5-15(3)11(16)6-9/h4-6,8,10H,1-3H3,(H,14,17). The van der Waals surface area contributed by atoms with Crippen LogP contribution in [0.3, 0.4) is 0 Å². The molecular formula is C12H15N3O2. The molecule has 0 saturated heterocycles. The second-order valence-electron chi connectivity index (χ2n) is 4.19. The summed E-state index contributed by atoms with van der Waals surface area (Å²) in [5.41, 5.74) is 0.0182. The molecule has 0 fully saturated rings. The van der Waals surface area contributed by atoms with E-state index in [0.29, 0.717) is 0 Å². The molecule has 90 valence electrons. The van der Waals surface area contributed by atoms with Gasteiger partial charge in [0.25, 0.3) is 11.5 Å². The van der Waals surface area contributed by atoms with Crippen LogP contribution in [-0.2, 0) is 7.05 Å². The maximum Gasteiger partial charge on any atom is 0.252 e. The van der Waals surface area contributed by atoms with Gasteiger partial charge in [-0.2, -0.15) is 5.26 Å². The van der Waals surface area contributed by atoms with Crippen LogP contribution in [-0.4, -0.2) is 16.5 Å². The third-order valence-corrected chi connectivity index (χ3v) is 2.46. The highest BCUT2D eigenvalue weighted by molar-refractivity contribution is 5.94. The van der Waals surface area contributed by atoms with Crippen LogP contribution < -0.4 is 10.9 Å². The van der Waals surface area contributed by atoms with Crippen molar-refractivity contribution in [1.29, 1.82) is 5.26 Å². The van der Waals surface area contributed by atoms with Crippen LogP contribution in [0.5, 0.6) is 0 Å². The molecule has 0 aromatic carbocycles. The van der Waals surface area contributed by atoms with Crippen LogP contribution in [0.4, 0.5) is 0 Å². The number of hydrogen-bond acceptors (Lipinski definition) is 3. The molecule has 0 saturated carbocycles. The van der Waals surface area contributed by atoms with Gasteiger partial charge in [-0.15, -0.1) is 0 Å². The van der Waals surface area contributed by atoms with Gasteiger partial charge in [-0.3, -0.25) is 9.59 Å². The first-order valence-corrected chi connectivity index (χ1v) is 5.33. The van der Waals surface area contributed by atoms with Crippen LogP contribution in [0.15, 0.2) is 23.1 Å². The molecule has 1 N–H and O–H groups in total. The fraction of sp³-hybridized carbons (Fsp3) is 0.417. The molecule has 0 aliphatic heterocycles. The summed E-state index contributed by atoms with van der Waals surface area (Å²) in [6.07, 6.45) is 1.52. The molecule has 0 aliphatic rings. The number of amides is 1. The Kier molecular flexibility index (Phi) is 4.05. The molecule has 1 aromatic heterocycles. The van der Waals surface area contributed by atoms with Gasteiger partial charge in [0, 0.05) is 24.9 Å². The first kappa shape index (κ1) is 13.0. The second-order valence-corrected chi connectivity index (χ2v) is 4.19. The topological polar surface area (TPSA) is 74.9 Å². The third kappa shape index (κ3) is 3.18. The van der Waals surface area contributed by atoms with Gasteiger partial charge in [0.15, 0.2) is 0 Å². The molecule has 0 spiro atoms. The molecule has 5 nitrogen and oxygen atoms in total. The summed E-state index contributed by atoms with van der Waals surface area (Å²) in [7, 11) is 1.61. The van der Waals surface area contributed by atoms with Crippen molar-refractivity contribution in [1.82, 2.24) is 9.88 Å². The van der Waals surface area contributed by atoms with Crippen molar-refractivity contribution in [2.75, 3.05) is 0 Å². The van der Waals surface area contributed by atoms with Crippen molar-refractivity contribution < 1.29 is 4.79 Å². The summed E-state index contributed by atoms with van der Waals surface area (Å²) in [5, 5.41) is 11.4. The number of pyridine rings is 1. The first-order valence-electron chi connectivity index (χ1n) is 5.33. The summed E-state index contributed by atoms with van der Waals surface area (Å²) in [5.74, 6) is -0.376. The Balaban J connectivity index is 2.87. The van der Waals surface area contributed by atoms with Crippen molar-refractivity contribution in [3.8, 4) is 6.07 Å². The Morgan fingerprint density at radius 1 is 1.53 bits per heavy atom. The average Bonchev–Trinajstić information content (AvgIpc) is 2.28. The Hall–Kier alpha value is -2.09. The van der Waals surface area contributed by atoms with Crippen LogP contribution in [0.25, 0.3) is 0 Å². The summed E-state index contributed by atoms with van der Waals surface area (Å²) in [6.45, 7) is 3.69. The summed E-state index contributed by atoms with van der Waals surface area (Å²) < 4.78 is 1.38. The highest BCUT2D eigenvalue weighted by Gasteiger charge is 2.16. The third-order valence-electron chi connectivity index (χ3n) is 2.46. The van der Waals surface area contributed by atoms with Gasteiger partial charge in [0.05, 0.1) is 6.07 Å². The number of nitrogens with zero attached hydrogens (tertiary/aromatic N) is 2. The first-order chi connectivity index (χ1) is 7.95. The van der Waals surface area contributed by atoms with Crippen LogP contribution >= 0.6 is 0 Å². The molecule has 0 radical (unpaired) electrons. The van der Waals surface area contributed by atoms with Crippen molar-refractivity contribution in [2.24, 2.45) is 13.0 Å². The van der Waals surface area contributed by atoms with Crippen LogP contribution in [0, 0.1) is 17.2 Å². The molecule has 5 heteroatoms. The normalized spacial score (nSPS) is 11.9. The Bertz CT molecular complexity index is 511. The number of carbonyl (C=O) groups is 1. The molecule has 1 heterocycles. The van der Waals surface area contributed by atoms with E-state index >= 15 is 0 Å². The molecular weight excluding hydrogens is 218 g/mol. The fourth-order valence-corrected chi connectivity index (χ4v) is 1.26. The van der Waals surface area contributed by atoms with E-state index in [1.165, 1.54) is 16.8 Å². The molecule has 1 atom stereocenters. The zero-order valence-electron chi connectivity index (χ0n) is 10.1. The minimum atomic E-state index is -0.549. The highest BCUT2D eigenvalue weighted by Crippen LogP contribution is 2.02. The highest BCUT2D eigenvalue weighted by atomic mass is 16.2. The predicted octanol–water partition coefficient (Wildman–Crippen LogP) is 0.663. The molecule has 0 bridgehead atoms.